The highest BCUT2D eigenvalue weighted by Crippen LogP contribution is 2.21. The molecule has 168 valence electrons. The third kappa shape index (κ3) is 11.5. The molecule has 0 fully saturated rings. The Morgan fingerprint density at radius 1 is 0.710 bits per heavy atom. The van der Waals surface area contributed by atoms with E-state index in [1.165, 1.54) is 50.5 Å². The second kappa shape index (κ2) is 13.8. The molecule has 1 nitrogen and oxygen atoms in total. The second-order valence-electron chi connectivity index (χ2n) is 7.91. The van der Waals surface area contributed by atoms with Crippen LogP contribution in [-0.4, -0.2) is 12.8 Å². The number of aryl methyl sites for hydroxylation is 1. The van der Waals surface area contributed by atoms with Crippen LogP contribution >= 0.6 is 0 Å². The van der Waals surface area contributed by atoms with Crippen molar-refractivity contribution < 1.29 is 17.9 Å². The smallest absolute Gasteiger partial charge is 0.389 e. The van der Waals surface area contributed by atoms with Crippen LogP contribution in [0.25, 0.3) is 0 Å². The number of ether oxygens (including phenoxy) is 1. The Labute approximate surface area is 185 Å². The number of benzene rings is 2. The van der Waals surface area contributed by atoms with E-state index in [9.17, 15) is 13.2 Å². The zero-order valence-corrected chi connectivity index (χ0v) is 18.4. The van der Waals surface area contributed by atoms with Crippen molar-refractivity contribution in [2.24, 2.45) is 0 Å². The summed E-state index contributed by atoms with van der Waals surface area (Å²) in [7, 11) is 0. The first-order valence-corrected chi connectivity index (χ1v) is 11.4. The van der Waals surface area contributed by atoms with Crippen LogP contribution in [0.3, 0.4) is 0 Å². The first-order valence-electron chi connectivity index (χ1n) is 11.4. The van der Waals surface area contributed by atoms with Gasteiger partial charge in [0.25, 0.3) is 0 Å². The van der Waals surface area contributed by atoms with Crippen molar-refractivity contribution in [1.29, 1.82) is 0 Å². The summed E-state index contributed by atoms with van der Waals surface area (Å²) in [6.07, 6.45) is 5.36. The highest BCUT2D eigenvalue weighted by molar-refractivity contribution is 5.44. The van der Waals surface area contributed by atoms with E-state index >= 15 is 0 Å². The number of halogens is 3. The van der Waals surface area contributed by atoms with Crippen LogP contribution in [0.2, 0.25) is 0 Å². The van der Waals surface area contributed by atoms with E-state index in [0.29, 0.717) is 5.75 Å². The van der Waals surface area contributed by atoms with Crippen LogP contribution in [0.1, 0.15) is 81.4 Å². The van der Waals surface area contributed by atoms with E-state index in [0.717, 1.165) is 17.5 Å². The van der Waals surface area contributed by atoms with Crippen molar-refractivity contribution in [1.82, 2.24) is 0 Å². The fourth-order valence-electron chi connectivity index (χ4n) is 3.28. The number of alkyl halides is 3. The molecule has 31 heavy (non-hydrogen) atoms. The summed E-state index contributed by atoms with van der Waals surface area (Å²) in [6.45, 7) is 2.30. The molecule has 0 saturated heterocycles. The van der Waals surface area contributed by atoms with Crippen LogP contribution in [0, 0.1) is 11.8 Å². The zero-order valence-electron chi connectivity index (χ0n) is 18.4. The molecule has 0 spiro atoms. The van der Waals surface area contributed by atoms with Crippen molar-refractivity contribution in [2.45, 2.75) is 77.3 Å². The van der Waals surface area contributed by atoms with Gasteiger partial charge in [-0.2, -0.15) is 13.2 Å². The Morgan fingerprint density at radius 2 is 1.26 bits per heavy atom. The summed E-state index contributed by atoms with van der Waals surface area (Å²) in [4.78, 5) is 0. The number of rotatable bonds is 12. The molecule has 0 saturated carbocycles. The van der Waals surface area contributed by atoms with Gasteiger partial charge in [0.1, 0.15) is 5.75 Å². The number of hydrogen-bond acceptors (Lipinski definition) is 1. The molecule has 0 N–H and O–H groups in total. The van der Waals surface area contributed by atoms with E-state index in [2.05, 4.69) is 43.0 Å². The molecule has 0 atom stereocenters. The molecule has 0 heterocycles. The minimum absolute atomic E-state index is 0.0417. The lowest BCUT2D eigenvalue weighted by atomic mass is 10.0. The lowest BCUT2D eigenvalue weighted by Crippen LogP contribution is -2.09. The van der Waals surface area contributed by atoms with Crippen LogP contribution in [0.4, 0.5) is 13.2 Å². The molecular weight excluding hydrogens is 397 g/mol. The molecule has 0 aromatic heterocycles. The Bertz CT molecular complexity index is 796. The molecule has 0 aliphatic carbocycles. The topological polar surface area (TPSA) is 9.23 Å². The zero-order chi connectivity index (χ0) is 22.4. The van der Waals surface area contributed by atoms with Gasteiger partial charge in [0, 0.05) is 17.5 Å². The van der Waals surface area contributed by atoms with Crippen LogP contribution in [-0.2, 0) is 6.42 Å². The van der Waals surface area contributed by atoms with Gasteiger partial charge in [-0.3, -0.25) is 0 Å². The maximum Gasteiger partial charge on any atom is 0.389 e. The molecule has 2 aromatic carbocycles. The van der Waals surface area contributed by atoms with E-state index in [1.807, 2.05) is 12.1 Å². The molecule has 0 aliphatic heterocycles. The predicted octanol–water partition coefficient (Wildman–Crippen LogP) is 8.10. The first kappa shape index (κ1) is 24.9. The molecule has 4 heteroatoms. The second-order valence-corrected chi connectivity index (χ2v) is 7.91. The number of unbranched alkanes of at least 4 members (excludes halogenated alkanes) is 6. The van der Waals surface area contributed by atoms with Gasteiger partial charge in [-0.15, -0.1) is 0 Å². The molecule has 0 radical (unpaired) electrons. The van der Waals surface area contributed by atoms with Gasteiger partial charge < -0.3 is 4.74 Å². The van der Waals surface area contributed by atoms with Crippen molar-refractivity contribution in [3.05, 3.63) is 65.2 Å². The SMILES string of the molecule is CCCCCCCCCc1ccc(C#Cc2ccc(OCCCC(F)(F)F)cc2)cc1. The average molecular weight is 431 g/mol. The van der Waals surface area contributed by atoms with Gasteiger partial charge in [-0.25, -0.2) is 0 Å². The lowest BCUT2D eigenvalue weighted by molar-refractivity contribution is -0.136. The van der Waals surface area contributed by atoms with Crippen molar-refractivity contribution >= 4 is 0 Å². The Hall–Kier alpha value is -2.41. The van der Waals surface area contributed by atoms with Gasteiger partial charge in [-0.1, -0.05) is 69.4 Å². The summed E-state index contributed by atoms with van der Waals surface area (Å²) < 4.78 is 41.7. The molecule has 0 bridgehead atoms. The maximum absolute atomic E-state index is 12.1. The van der Waals surface area contributed by atoms with E-state index in [-0.39, 0.29) is 13.0 Å². The fourth-order valence-corrected chi connectivity index (χ4v) is 3.28. The Balaban J connectivity index is 1.71. The third-order valence-electron chi connectivity index (χ3n) is 5.10. The van der Waals surface area contributed by atoms with Crippen LogP contribution < -0.4 is 4.74 Å². The van der Waals surface area contributed by atoms with E-state index in [4.69, 9.17) is 4.74 Å². The Morgan fingerprint density at radius 3 is 1.84 bits per heavy atom. The predicted molar refractivity (Wildman–Crippen MR) is 121 cm³/mol. The Kier molecular flexibility index (Phi) is 11.1. The summed E-state index contributed by atoms with van der Waals surface area (Å²) in [5.41, 5.74) is 3.16. The van der Waals surface area contributed by atoms with Gasteiger partial charge in [-0.05, 0) is 61.2 Å². The van der Waals surface area contributed by atoms with E-state index < -0.39 is 12.6 Å². The molecule has 2 rings (SSSR count). The van der Waals surface area contributed by atoms with Crippen molar-refractivity contribution in [2.75, 3.05) is 6.61 Å². The lowest BCUT2D eigenvalue weighted by Gasteiger charge is -2.08. The van der Waals surface area contributed by atoms with Gasteiger partial charge in [0.05, 0.1) is 6.61 Å². The minimum atomic E-state index is -4.13. The molecular formula is C27H33F3O. The normalized spacial score (nSPS) is 11.1. The van der Waals surface area contributed by atoms with E-state index in [1.54, 1.807) is 12.1 Å². The summed E-state index contributed by atoms with van der Waals surface area (Å²) in [6, 6.07) is 15.5. The largest absolute Gasteiger partial charge is 0.494 e. The summed E-state index contributed by atoms with van der Waals surface area (Å²) >= 11 is 0. The molecule has 0 unspecified atom stereocenters. The fraction of sp³-hybridized carbons (Fsp3) is 0.481. The molecule has 2 aromatic rings. The molecule has 0 aliphatic rings. The summed E-state index contributed by atoms with van der Waals surface area (Å²) in [5, 5.41) is 0. The van der Waals surface area contributed by atoms with Crippen molar-refractivity contribution in [3.63, 3.8) is 0 Å². The highest BCUT2D eigenvalue weighted by atomic mass is 19.4. The maximum atomic E-state index is 12.1. The monoisotopic (exact) mass is 430 g/mol. The number of hydrogen-bond donors (Lipinski definition) is 0. The van der Waals surface area contributed by atoms with Gasteiger partial charge >= 0.3 is 6.18 Å². The van der Waals surface area contributed by atoms with Crippen molar-refractivity contribution in [3.8, 4) is 17.6 Å². The standard InChI is InChI=1S/C27H33F3O/c1-2-3-4-5-6-7-8-10-23-11-13-24(14-12-23)15-16-25-17-19-26(20-18-25)31-22-9-21-27(28,29)30/h11-14,17-20H,2-10,21-22H2,1H3. The average Bonchev–Trinajstić information content (AvgIpc) is 2.76. The first-order chi connectivity index (χ1) is 15.0. The van der Waals surface area contributed by atoms with Crippen LogP contribution in [0.5, 0.6) is 5.75 Å². The van der Waals surface area contributed by atoms with Crippen LogP contribution in [0.15, 0.2) is 48.5 Å². The third-order valence-corrected chi connectivity index (χ3v) is 5.10. The quantitative estimate of drug-likeness (QED) is 0.244. The highest BCUT2D eigenvalue weighted by Gasteiger charge is 2.26. The van der Waals surface area contributed by atoms with Gasteiger partial charge in [0.15, 0.2) is 0 Å². The molecule has 0 amide bonds. The summed E-state index contributed by atoms with van der Waals surface area (Å²) in [5.74, 6) is 6.83. The van der Waals surface area contributed by atoms with Gasteiger partial charge in [0.2, 0.25) is 0 Å². The minimum Gasteiger partial charge on any atom is -0.494 e.